The molecule has 0 aliphatic carbocycles. The largest absolute Gasteiger partial charge is 0.394 e. The first-order valence-corrected chi connectivity index (χ1v) is 8.65. The number of rotatable bonds is 3. The lowest BCUT2D eigenvalue weighted by atomic mass is 10.3. The van der Waals surface area contributed by atoms with Crippen LogP contribution in [0.5, 0.6) is 0 Å². The molecule has 1 aliphatic rings. The third-order valence-corrected chi connectivity index (χ3v) is 6.17. The van der Waals surface area contributed by atoms with Crippen LogP contribution in [0.2, 0.25) is 0 Å². The van der Waals surface area contributed by atoms with Gasteiger partial charge in [0, 0.05) is 22.0 Å². The summed E-state index contributed by atoms with van der Waals surface area (Å²) in [5.74, 6) is 0. The first-order chi connectivity index (χ1) is 8.95. The minimum atomic E-state index is -3.59. The molecule has 0 aromatic heterocycles. The molecular formula is C11H13Br2NO4S. The smallest absolute Gasteiger partial charge is 0.244 e. The Labute approximate surface area is 128 Å². The first kappa shape index (κ1) is 15.4. The maximum Gasteiger partial charge on any atom is 0.244 e. The van der Waals surface area contributed by atoms with Crippen molar-refractivity contribution in [3.8, 4) is 0 Å². The van der Waals surface area contributed by atoms with Crippen molar-refractivity contribution in [3.63, 3.8) is 0 Å². The van der Waals surface area contributed by atoms with Gasteiger partial charge < -0.3 is 9.84 Å². The highest BCUT2D eigenvalue weighted by Gasteiger charge is 2.31. The van der Waals surface area contributed by atoms with Gasteiger partial charge in [-0.05, 0) is 34.1 Å². The average molecular weight is 415 g/mol. The highest BCUT2D eigenvalue weighted by atomic mass is 79.9. The van der Waals surface area contributed by atoms with Crippen LogP contribution in [-0.4, -0.2) is 50.2 Å². The van der Waals surface area contributed by atoms with Crippen molar-refractivity contribution < 1.29 is 18.3 Å². The highest BCUT2D eigenvalue weighted by Crippen LogP contribution is 2.29. The van der Waals surface area contributed by atoms with Gasteiger partial charge in [0.05, 0.1) is 24.2 Å². The van der Waals surface area contributed by atoms with Gasteiger partial charge in [-0.15, -0.1) is 0 Å². The summed E-state index contributed by atoms with van der Waals surface area (Å²) in [5, 5.41) is 9.08. The van der Waals surface area contributed by atoms with Crippen LogP contribution >= 0.6 is 31.9 Å². The molecule has 0 spiro atoms. The van der Waals surface area contributed by atoms with E-state index in [1.54, 1.807) is 18.2 Å². The van der Waals surface area contributed by atoms with Crippen molar-refractivity contribution in [3.05, 3.63) is 27.1 Å². The SMILES string of the molecule is O=S(=O)(c1cc(Br)ccc1Br)N1CCOC(CO)C1. The molecule has 1 aromatic rings. The molecule has 1 aromatic carbocycles. The van der Waals surface area contributed by atoms with Crippen molar-refractivity contribution in [2.45, 2.75) is 11.0 Å². The van der Waals surface area contributed by atoms with Crippen molar-refractivity contribution in [1.82, 2.24) is 4.31 Å². The molecule has 1 atom stereocenters. The van der Waals surface area contributed by atoms with Crippen LogP contribution in [0.3, 0.4) is 0 Å². The van der Waals surface area contributed by atoms with Gasteiger partial charge in [0.25, 0.3) is 0 Å². The Morgan fingerprint density at radius 3 is 2.84 bits per heavy atom. The second kappa shape index (κ2) is 6.19. The van der Waals surface area contributed by atoms with Gasteiger partial charge in [-0.25, -0.2) is 8.42 Å². The van der Waals surface area contributed by atoms with E-state index < -0.39 is 16.1 Å². The Balaban J connectivity index is 2.34. The monoisotopic (exact) mass is 413 g/mol. The lowest BCUT2D eigenvalue weighted by Crippen LogP contribution is -2.46. The molecule has 0 radical (unpaired) electrons. The molecule has 1 fully saturated rings. The number of aliphatic hydroxyl groups is 1. The van der Waals surface area contributed by atoms with E-state index in [4.69, 9.17) is 9.84 Å². The minimum Gasteiger partial charge on any atom is -0.394 e. The van der Waals surface area contributed by atoms with Crippen LogP contribution in [-0.2, 0) is 14.8 Å². The van der Waals surface area contributed by atoms with Gasteiger partial charge in [0.15, 0.2) is 0 Å². The van der Waals surface area contributed by atoms with Gasteiger partial charge >= 0.3 is 0 Å². The molecule has 0 bridgehead atoms. The number of benzene rings is 1. The zero-order valence-electron chi connectivity index (χ0n) is 9.92. The molecule has 1 saturated heterocycles. The number of halogens is 2. The van der Waals surface area contributed by atoms with Gasteiger partial charge in [0.1, 0.15) is 0 Å². The summed E-state index contributed by atoms with van der Waals surface area (Å²) in [5.41, 5.74) is 0. The molecule has 1 N–H and O–H groups in total. The van der Waals surface area contributed by atoms with E-state index >= 15 is 0 Å². The highest BCUT2D eigenvalue weighted by molar-refractivity contribution is 9.11. The fourth-order valence-corrected chi connectivity index (χ4v) is 4.75. The van der Waals surface area contributed by atoms with Crippen LogP contribution < -0.4 is 0 Å². The molecule has 5 nitrogen and oxygen atoms in total. The summed E-state index contributed by atoms with van der Waals surface area (Å²) >= 11 is 6.53. The van der Waals surface area contributed by atoms with Crippen LogP contribution in [0.1, 0.15) is 0 Å². The number of sulfonamides is 1. The standard InChI is InChI=1S/C11H13Br2NO4S/c12-8-1-2-10(13)11(5-8)19(16,17)14-3-4-18-9(6-14)7-15/h1-2,5,9,15H,3-4,6-7H2. The van der Waals surface area contributed by atoms with Gasteiger partial charge in [-0.1, -0.05) is 15.9 Å². The summed E-state index contributed by atoms with van der Waals surface area (Å²) < 4.78 is 32.9. The van der Waals surface area contributed by atoms with E-state index in [0.717, 1.165) is 0 Å². The molecule has 0 amide bonds. The van der Waals surface area contributed by atoms with E-state index in [1.165, 1.54) is 4.31 Å². The molecule has 1 heterocycles. The maximum atomic E-state index is 12.6. The molecule has 0 saturated carbocycles. The van der Waals surface area contributed by atoms with Crippen LogP contribution in [0.4, 0.5) is 0 Å². The quantitative estimate of drug-likeness (QED) is 0.815. The third kappa shape index (κ3) is 3.37. The number of hydrogen-bond acceptors (Lipinski definition) is 4. The summed E-state index contributed by atoms with van der Waals surface area (Å²) in [6.45, 7) is 0.553. The fraction of sp³-hybridized carbons (Fsp3) is 0.455. The molecule has 1 unspecified atom stereocenters. The topological polar surface area (TPSA) is 66.8 Å². The summed E-state index contributed by atoms with van der Waals surface area (Å²) in [6.07, 6.45) is -0.463. The number of morpholine rings is 1. The Kier molecular flexibility index (Phi) is 5.02. The third-order valence-electron chi connectivity index (χ3n) is 2.82. The Morgan fingerprint density at radius 2 is 2.16 bits per heavy atom. The second-order valence-electron chi connectivity index (χ2n) is 4.11. The zero-order valence-corrected chi connectivity index (χ0v) is 13.9. The normalized spacial score (nSPS) is 21.5. The summed E-state index contributed by atoms with van der Waals surface area (Å²) in [7, 11) is -3.59. The molecule has 8 heteroatoms. The van der Waals surface area contributed by atoms with Crippen molar-refractivity contribution in [1.29, 1.82) is 0 Å². The number of hydrogen-bond donors (Lipinski definition) is 1. The van der Waals surface area contributed by atoms with E-state index in [2.05, 4.69) is 31.9 Å². The lowest BCUT2D eigenvalue weighted by Gasteiger charge is -2.31. The van der Waals surface area contributed by atoms with Crippen molar-refractivity contribution in [2.24, 2.45) is 0 Å². The predicted octanol–water partition coefficient (Wildman–Crippen LogP) is 1.59. The molecule has 1 aliphatic heterocycles. The van der Waals surface area contributed by atoms with E-state index in [1.807, 2.05) is 0 Å². The predicted molar refractivity (Wildman–Crippen MR) is 77.4 cm³/mol. The Morgan fingerprint density at radius 1 is 1.42 bits per heavy atom. The van der Waals surface area contributed by atoms with Gasteiger partial charge in [-0.2, -0.15) is 4.31 Å². The molecule has 2 rings (SSSR count). The maximum absolute atomic E-state index is 12.6. The lowest BCUT2D eigenvalue weighted by molar-refractivity contribution is -0.0304. The first-order valence-electron chi connectivity index (χ1n) is 5.63. The molecular weight excluding hydrogens is 402 g/mol. The summed E-state index contributed by atoms with van der Waals surface area (Å²) in [4.78, 5) is 0.209. The zero-order chi connectivity index (χ0) is 14.0. The Bertz CT molecular complexity index is 564. The number of nitrogens with zero attached hydrogens (tertiary/aromatic N) is 1. The van der Waals surface area contributed by atoms with Crippen molar-refractivity contribution in [2.75, 3.05) is 26.3 Å². The fourth-order valence-electron chi connectivity index (χ4n) is 1.84. The summed E-state index contributed by atoms with van der Waals surface area (Å²) in [6, 6.07) is 5.00. The van der Waals surface area contributed by atoms with E-state index in [0.29, 0.717) is 8.95 Å². The van der Waals surface area contributed by atoms with Crippen molar-refractivity contribution >= 4 is 41.9 Å². The second-order valence-corrected chi connectivity index (χ2v) is 7.79. The minimum absolute atomic E-state index is 0.164. The van der Waals surface area contributed by atoms with Crippen LogP contribution in [0.25, 0.3) is 0 Å². The average Bonchev–Trinajstić information content (AvgIpc) is 2.41. The number of ether oxygens (including phenoxy) is 1. The van der Waals surface area contributed by atoms with Crippen LogP contribution in [0.15, 0.2) is 32.0 Å². The molecule has 106 valence electrons. The van der Waals surface area contributed by atoms with E-state index in [9.17, 15) is 8.42 Å². The van der Waals surface area contributed by atoms with Gasteiger partial charge in [-0.3, -0.25) is 0 Å². The number of aliphatic hydroxyl groups excluding tert-OH is 1. The van der Waals surface area contributed by atoms with Crippen LogP contribution in [0, 0.1) is 0 Å². The van der Waals surface area contributed by atoms with Gasteiger partial charge in [0.2, 0.25) is 10.0 Å². The molecule has 19 heavy (non-hydrogen) atoms. The van der Waals surface area contributed by atoms with E-state index in [-0.39, 0.29) is 31.2 Å². The Hall–Kier alpha value is 0.01000.